The molecule has 0 fully saturated rings. The smallest absolute Gasteiger partial charge is 0.00541 e. The van der Waals surface area contributed by atoms with E-state index in [0.717, 1.165) is 6.54 Å². The van der Waals surface area contributed by atoms with Crippen LogP contribution in [0, 0.1) is 5.92 Å². The Labute approximate surface area is 115 Å². The predicted octanol–water partition coefficient (Wildman–Crippen LogP) is 5.05. The van der Waals surface area contributed by atoms with E-state index in [0.29, 0.717) is 5.92 Å². The molecule has 2 N–H and O–H groups in total. The quantitative estimate of drug-likeness (QED) is 0.728. The van der Waals surface area contributed by atoms with Gasteiger partial charge in [-0.3, -0.25) is 0 Å². The van der Waals surface area contributed by atoms with Crippen molar-refractivity contribution < 1.29 is 0 Å². The van der Waals surface area contributed by atoms with Crippen molar-refractivity contribution in [2.45, 2.75) is 60.3 Å². The summed E-state index contributed by atoms with van der Waals surface area (Å²) >= 11 is 0. The Morgan fingerprint density at radius 3 is 1.89 bits per heavy atom. The highest BCUT2D eigenvalue weighted by molar-refractivity contribution is 5.14. The van der Waals surface area contributed by atoms with Crippen LogP contribution >= 0.6 is 0 Å². The van der Waals surface area contributed by atoms with Crippen molar-refractivity contribution in [1.29, 1.82) is 0 Å². The van der Waals surface area contributed by atoms with E-state index in [1.807, 2.05) is 13.8 Å². The molecule has 106 valence electrons. The summed E-state index contributed by atoms with van der Waals surface area (Å²) in [6.07, 6.45) is 5.25. The van der Waals surface area contributed by atoms with Gasteiger partial charge in [0.05, 0.1) is 0 Å². The molecule has 0 atom stereocenters. The van der Waals surface area contributed by atoms with Crippen molar-refractivity contribution in [2.75, 3.05) is 6.54 Å². The average molecular weight is 251 g/mol. The van der Waals surface area contributed by atoms with Gasteiger partial charge in [0, 0.05) is 0 Å². The highest BCUT2D eigenvalue weighted by atomic mass is 14.5. The van der Waals surface area contributed by atoms with Crippen LogP contribution in [0.4, 0.5) is 0 Å². The summed E-state index contributed by atoms with van der Waals surface area (Å²) < 4.78 is 0. The maximum atomic E-state index is 5.17. The second-order valence-electron chi connectivity index (χ2n) is 4.57. The molecule has 0 aliphatic carbocycles. The molecule has 0 saturated carbocycles. The van der Waals surface area contributed by atoms with Crippen LogP contribution in [0.1, 0.15) is 59.4 Å². The van der Waals surface area contributed by atoms with E-state index in [4.69, 9.17) is 5.73 Å². The maximum Gasteiger partial charge on any atom is -0.00541 e. The molecule has 0 amide bonds. The van der Waals surface area contributed by atoms with Crippen molar-refractivity contribution in [1.82, 2.24) is 0 Å². The third kappa shape index (κ3) is 15.2. The van der Waals surface area contributed by atoms with Crippen molar-refractivity contribution in [2.24, 2.45) is 11.7 Å². The van der Waals surface area contributed by atoms with Crippen LogP contribution < -0.4 is 5.73 Å². The number of hydrogen-bond acceptors (Lipinski definition) is 1. The molecule has 1 aromatic rings. The van der Waals surface area contributed by atoms with E-state index in [1.165, 1.54) is 31.2 Å². The second-order valence-corrected chi connectivity index (χ2v) is 4.57. The van der Waals surface area contributed by atoms with Gasteiger partial charge in [-0.1, -0.05) is 77.8 Å². The zero-order chi connectivity index (χ0) is 14.2. The number of aryl methyl sites for hydroxylation is 1. The molecule has 1 heteroatoms. The summed E-state index contributed by atoms with van der Waals surface area (Å²) in [6, 6.07) is 10.7. The number of unbranched alkanes of at least 4 members (excludes halogenated alkanes) is 2. The van der Waals surface area contributed by atoms with Gasteiger partial charge in [0.15, 0.2) is 0 Å². The summed E-state index contributed by atoms with van der Waals surface area (Å²) in [6.45, 7) is 11.2. The molecule has 0 spiro atoms. The lowest BCUT2D eigenvalue weighted by atomic mass is 10.1. The van der Waals surface area contributed by atoms with E-state index in [1.54, 1.807) is 0 Å². The van der Waals surface area contributed by atoms with Gasteiger partial charge in [-0.15, -0.1) is 0 Å². The van der Waals surface area contributed by atoms with Gasteiger partial charge < -0.3 is 5.73 Å². The van der Waals surface area contributed by atoms with Gasteiger partial charge in [-0.2, -0.15) is 0 Å². The topological polar surface area (TPSA) is 26.0 Å². The van der Waals surface area contributed by atoms with Crippen LogP contribution in [0.3, 0.4) is 0 Å². The molecule has 0 heterocycles. The van der Waals surface area contributed by atoms with Gasteiger partial charge in [0.2, 0.25) is 0 Å². The first-order valence-electron chi connectivity index (χ1n) is 7.44. The molecule has 0 aliphatic heterocycles. The zero-order valence-electron chi connectivity index (χ0n) is 13.1. The predicted molar refractivity (Wildman–Crippen MR) is 84.9 cm³/mol. The van der Waals surface area contributed by atoms with Gasteiger partial charge >= 0.3 is 0 Å². The highest BCUT2D eigenvalue weighted by Gasteiger charge is 1.89. The van der Waals surface area contributed by atoms with Crippen LogP contribution in [0.25, 0.3) is 0 Å². The fourth-order valence-corrected chi connectivity index (χ4v) is 1.22. The van der Waals surface area contributed by atoms with Crippen molar-refractivity contribution in [3.63, 3.8) is 0 Å². The molecule has 0 aliphatic rings. The molecule has 0 saturated heterocycles. The van der Waals surface area contributed by atoms with E-state index in [2.05, 4.69) is 51.1 Å². The molecule has 0 unspecified atom stereocenters. The molecular weight excluding hydrogens is 218 g/mol. The lowest BCUT2D eigenvalue weighted by Crippen LogP contribution is -2.05. The Balaban J connectivity index is 0. The third-order valence-corrected chi connectivity index (χ3v) is 2.38. The maximum absolute atomic E-state index is 5.17. The minimum absolute atomic E-state index is 0.662. The van der Waals surface area contributed by atoms with Gasteiger partial charge in [0.1, 0.15) is 0 Å². The molecule has 0 bridgehead atoms. The molecule has 18 heavy (non-hydrogen) atoms. The van der Waals surface area contributed by atoms with Gasteiger partial charge in [-0.25, -0.2) is 0 Å². The minimum atomic E-state index is 0.662. The normalized spacial score (nSPS) is 9.06. The summed E-state index contributed by atoms with van der Waals surface area (Å²) in [5.74, 6) is 0.662. The first-order chi connectivity index (χ1) is 8.70. The lowest BCUT2D eigenvalue weighted by Gasteiger charge is -1.98. The van der Waals surface area contributed by atoms with E-state index in [-0.39, 0.29) is 0 Å². The van der Waals surface area contributed by atoms with E-state index < -0.39 is 0 Å². The zero-order valence-corrected chi connectivity index (χ0v) is 13.1. The monoisotopic (exact) mass is 251 g/mol. The lowest BCUT2D eigenvalue weighted by molar-refractivity contribution is 0.664. The van der Waals surface area contributed by atoms with Crippen molar-refractivity contribution in [3.8, 4) is 0 Å². The van der Waals surface area contributed by atoms with Crippen LogP contribution in [0.15, 0.2) is 30.3 Å². The standard InChI is InChI=1S/C11H16.C4H11N.C2H6/c1-2-3-5-8-11-9-6-4-7-10-11;1-4(2)3-5;1-2/h4,6-7,9-10H,2-3,5,8H2,1H3;4H,3,5H2,1-2H3;1-2H3. The fourth-order valence-electron chi connectivity index (χ4n) is 1.22. The van der Waals surface area contributed by atoms with E-state index >= 15 is 0 Å². The largest absolute Gasteiger partial charge is 0.330 e. The Hall–Kier alpha value is -0.820. The van der Waals surface area contributed by atoms with Crippen molar-refractivity contribution in [3.05, 3.63) is 35.9 Å². The fraction of sp³-hybridized carbons (Fsp3) is 0.647. The summed E-state index contributed by atoms with van der Waals surface area (Å²) in [7, 11) is 0. The molecule has 0 aromatic heterocycles. The first-order valence-corrected chi connectivity index (χ1v) is 7.44. The Bertz CT molecular complexity index is 229. The Kier molecular flexibility index (Phi) is 17.5. The summed E-state index contributed by atoms with van der Waals surface area (Å²) in [5.41, 5.74) is 6.64. The molecule has 1 rings (SSSR count). The molecular formula is C17H33N. The van der Waals surface area contributed by atoms with Crippen LogP contribution in [-0.4, -0.2) is 6.54 Å². The van der Waals surface area contributed by atoms with Crippen molar-refractivity contribution >= 4 is 0 Å². The molecule has 1 nitrogen and oxygen atoms in total. The number of rotatable bonds is 5. The Morgan fingerprint density at radius 2 is 1.50 bits per heavy atom. The number of hydrogen-bond donors (Lipinski definition) is 1. The van der Waals surface area contributed by atoms with Crippen LogP contribution in [0.5, 0.6) is 0 Å². The van der Waals surface area contributed by atoms with Gasteiger partial charge in [-0.05, 0) is 30.9 Å². The SMILES string of the molecule is CC.CC(C)CN.CCCCCc1ccccc1. The Morgan fingerprint density at radius 1 is 1.00 bits per heavy atom. The third-order valence-electron chi connectivity index (χ3n) is 2.38. The summed E-state index contributed by atoms with van der Waals surface area (Å²) in [4.78, 5) is 0. The first kappa shape index (κ1) is 19.5. The number of benzene rings is 1. The molecule has 1 aromatic carbocycles. The number of nitrogens with two attached hydrogens (primary N) is 1. The molecule has 0 radical (unpaired) electrons. The highest BCUT2D eigenvalue weighted by Crippen LogP contribution is 2.05. The van der Waals surface area contributed by atoms with Crippen LogP contribution in [-0.2, 0) is 6.42 Å². The van der Waals surface area contributed by atoms with Crippen LogP contribution in [0.2, 0.25) is 0 Å². The minimum Gasteiger partial charge on any atom is -0.330 e. The van der Waals surface area contributed by atoms with E-state index in [9.17, 15) is 0 Å². The average Bonchev–Trinajstić information content (AvgIpc) is 2.43. The summed E-state index contributed by atoms with van der Waals surface area (Å²) in [5, 5.41) is 0. The van der Waals surface area contributed by atoms with Gasteiger partial charge in [0.25, 0.3) is 0 Å². The second kappa shape index (κ2) is 16.2.